The number of ether oxygens (including phenoxy) is 1. The van der Waals surface area contributed by atoms with Crippen LogP contribution in [0.4, 0.5) is 10.1 Å². The van der Waals surface area contributed by atoms with E-state index in [4.69, 9.17) is 20.8 Å². The summed E-state index contributed by atoms with van der Waals surface area (Å²) in [5.41, 5.74) is 6.15. The number of hydrogen-bond donors (Lipinski definition) is 2. The van der Waals surface area contributed by atoms with Gasteiger partial charge in [-0.1, -0.05) is 6.07 Å². The smallest absolute Gasteiger partial charge is 0.339 e. The largest absolute Gasteiger partial charge is 0.488 e. The third-order valence-electron chi connectivity index (χ3n) is 2.80. The summed E-state index contributed by atoms with van der Waals surface area (Å²) < 4.78 is 19.0. The van der Waals surface area contributed by atoms with Crippen LogP contribution in [0.15, 0.2) is 36.4 Å². The number of carbonyl (C=O) groups is 1. The maximum absolute atomic E-state index is 13.7. The standard InChI is InChI=1S/C15H11FN2O3/c16-13-5-9(7-17)1-2-10(13)8-21-14-4-3-11(18)6-12(14)15(19)20/h1-6H,8,18H2,(H,19,20). The highest BCUT2D eigenvalue weighted by molar-refractivity contribution is 5.92. The number of hydrogen-bond acceptors (Lipinski definition) is 4. The van der Waals surface area contributed by atoms with E-state index in [9.17, 15) is 9.18 Å². The average molecular weight is 286 g/mol. The molecule has 3 N–H and O–H groups in total. The van der Waals surface area contributed by atoms with Crippen LogP contribution in [0.5, 0.6) is 5.75 Å². The molecule has 0 spiro atoms. The number of aromatic carboxylic acids is 1. The number of carboxylic acid groups (broad SMARTS) is 1. The molecule has 2 aromatic rings. The molecule has 2 rings (SSSR count). The van der Waals surface area contributed by atoms with Crippen molar-refractivity contribution in [2.45, 2.75) is 6.61 Å². The lowest BCUT2D eigenvalue weighted by atomic mass is 10.1. The van der Waals surface area contributed by atoms with Crippen LogP contribution in [0.25, 0.3) is 0 Å². The van der Waals surface area contributed by atoms with Gasteiger partial charge in [-0.25, -0.2) is 9.18 Å². The van der Waals surface area contributed by atoms with E-state index in [0.717, 1.165) is 6.07 Å². The lowest BCUT2D eigenvalue weighted by Gasteiger charge is -2.10. The van der Waals surface area contributed by atoms with Gasteiger partial charge in [0.2, 0.25) is 0 Å². The van der Waals surface area contributed by atoms with Crippen molar-refractivity contribution in [3.63, 3.8) is 0 Å². The minimum atomic E-state index is -1.18. The number of anilines is 1. The summed E-state index contributed by atoms with van der Waals surface area (Å²) in [6.07, 6.45) is 0. The van der Waals surface area contributed by atoms with Crippen molar-refractivity contribution in [2.24, 2.45) is 0 Å². The second kappa shape index (κ2) is 5.92. The molecule has 0 amide bonds. The fourth-order valence-corrected chi connectivity index (χ4v) is 1.73. The second-order valence-corrected chi connectivity index (χ2v) is 4.27. The molecule has 0 radical (unpaired) electrons. The predicted molar refractivity (Wildman–Crippen MR) is 73.3 cm³/mol. The fraction of sp³-hybridized carbons (Fsp3) is 0.0667. The van der Waals surface area contributed by atoms with Crippen LogP contribution in [0.1, 0.15) is 21.5 Å². The molecular weight excluding hydrogens is 275 g/mol. The molecule has 0 aliphatic heterocycles. The molecule has 0 unspecified atom stereocenters. The maximum atomic E-state index is 13.7. The first-order valence-corrected chi connectivity index (χ1v) is 5.95. The van der Waals surface area contributed by atoms with Crippen molar-refractivity contribution < 1.29 is 19.0 Å². The van der Waals surface area contributed by atoms with Crippen molar-refractivity contribution in [1.29, 1.82) is 5.26 Å². The molecule has 0 atom stereocenters. The summed E-state index contributed by atoms with van der Waals surface area (Å²) >= 11 is 0. The number of rotatable bonds is 4. The highest BCUT2D eigenvalue weighted by Crippen LogP contribution is 2.23. The van der Waals surface area contributed by atoms with Gasteiger partial charge in [-0.2, -0.15) is 5.26 Å². The lowest BCUT2D eigenvalue weighted by molar-refractivity contribution is 0.0692. The summed E-state index contributed by atoms with van der Waals surface area (Å²) in [4.78, 5) is 11.1. The van der Waals surface area contributed by atoms with Gasteiger partial charge in [-0.3, -0.25) is 0 Å². The number of benzene rings is 2. The van der Waals surface area contributed by atoms with E-state index in [-0.39, 0.29) is 29.0 Å². The molecule has 0 aliphatic rings. The summed E-state index contributed by atoms with van der Waals surface area (Å²) in [6.45, 7) is -0.151. The molecule has 5 nitrogen and oxygen atoms in total. The van der Waals surface area contributed by atoms with Crippen LogP contribution in [0.3, 0.4) is 0 Å². The highest BCUT2D eigenvalue weighted by atomic mass is 19.1. The number of carboxylic acids is 1. The molecule has 0 heterocycles. The topological polar surface area (TPSA) is 96.3 Å². The number of nitrogens with two attached hydrogens (primary N) is 1. The Kier molecular flexibility index (Phi) is 4.05. The SMILES string of the molecule is N#Cc1ccc(COc2ccc(N)cc2C(=O)O)c(F)c1. The van der Waals surface area contributed by atoms with Gasteiger partial charge in [0.05, 0.1) is 11.6 Å². The predicted octanol–water partition coefficient (Wildman–Crippen LogP) is 2.56. The minimum absolute atomic E-state index is 0.0935. The van der Waals surface area contributed by atoms with Crippen LogP contribution in [-0.2, 0) is 6.61 Å². The molecule has 2 aromatic carbocycles. The van der Waals surface area contributed by atoms with Crippen LogP contribution >= 0.6 is 0 Å². The van der Waals surface area contributed by atoms with E-state index in [2.05, 4.69) is 0 Å². The zero-order chi connectivity index (χ0) is 15.4. The zero-order valence-electron chi connectivity index (χ0n) is 10.8. The van der Waals surface area contributed by atoms with Gasteiger partial charge in [-0.15, -0.1) is 0 Å². The second-order valence-electron chi connectivity index (χ2n) is 4.27. The Morgan fingerprint density at radius 1 is 1.33 bits per heavy atom. The molecule has 0 fully saturated rings. The van der Waals surface area contributed by atoms with Crippen LogP contribution in [0, 0.1) is 17.1 Å². The molecule has 0 aromatic heterocycles. The van der Waals surface area contributed by atoms with E-state index >= 15 is 0 Å². The van der Waals surface area contributed by atoms with Gasteiger partial charge in [0, 0.05) is 11.3 Å². The van der Waals surface area contributed by atoms with Crippen molar-refractivity contribution in [2.75, 3.05) is 5.73 Å². The summed E-state index contributed by atoms with van der Waals surface area (Å²) in [7, 11) is 0. The van der Waals surface area contributed by atoms with Crippen LogP contribution < -0.4 is 10.5 Å². The summed E-state index contributed by atoms with van der Waals surface area (Å²) in [5, 5.41) is 17.7. The molecule has 21 heavy (non-hydrogen) atoms. The quantitative estimate of drug-likeness (QED) is 0.842. The molecule has 106 valence electrons. The van der Waals surface area contributed by atoms with Crippen molar-refractivity contribution in [1.82, 2.24) is 0 Å². The first-order chi connectivity index (χ1) is 10.0. The Bertz CT molecular complexity index is 738. The molecule has 0 aliphatic carbocycles. The Labute approximate surface area is 120 Å². The van der Waals surface area contributed by atoms with Crippen LogP contribution in [-0.4, -0.2) is 11.1 Å². The van der Waals surface area contributed by atoms with E-state index in [0.29, 0.717) is 5.69 Å². The van der Waals surface area contributed by atoms with E-state index in [1.807, 2.05) is 6.07 Å². The Morgan fingerprint density at radius 3 is 2.71 bits per heavy atom. The molecule has 6 heteroatoms. The normalized spacial score (nSPS) is 9.90. The molecule has 0 bridgehead atoms. The Morgan fingerprint density at radius 2 is 2.10 bits per heavy atom. The maximum Gasteiger partial charge on any atom is 0.339 e. The summed E-state index contributed by atoms with van der Waals surface area (Å²) in [5.74, 6) is -1.67. The number of nitriles is 1. The molecule has 0 saturated carbocycles. The molecule has 0 saturated heterocycles. The Balaban J connectivity index is 2.21. The molecular formula is C15H11FN2O3. The number of halogens is 1. The summed E-state index contributed by atoms with van der Waals surface area (Å²) in [6, 6.07) is 9.99. The van der Waals surface area contributed by atoms with Crippen molar-refractivity contribution in [3.8, 4) is 11.8 Å². The van der Waals surface area contributed by atoms with E-state index in [1.54, 1.807) is 0 Å². The first-order valence-electron chi connectivity index (χ1n) is 5.95. The van der Waals surface area contributed by atoms with E-state index in [1.165, 1.54) is 30.3 Å². The lowest BCUT2D eigenvalue weighted by Crippen LogP contribution is -2.05. The number of nitrogen functional groups attached to an aromatic ring is 1. The Hall–Kier alpha value is -3.07. The fourth-order valence-electron chi connectivity index (χ4n) is 1.73. The zero-order valence-corrected chi connectivity index (χ0v) is 10.8. The average Bonchev–Trinajstić information content (AvgIpc) is 2.46. The monoisotopic (exact) mass is 286 g/mol. The van der Waals surface area contributed by atoms with Crippen LogP contribution in [0.2, 0.25) is 0 Å². The van der Waals surface area contributed by atoms with E-state index < -0.39 is 11.8 Å². The number of nitrogens with zero attached hydrogens (tertiary/aromatic N) is 1. The minimum Gasteiger partial charge on any atom is -0.488 e. The van der Waals surface area contributed by atoms with Gasteiger partial charge >= 0.3 is 5.97 Å². The first kappa shape index (κ1) is 14.3. The van der Waals surface area contributed by atoms with Gasteiger partial charge in [0.15, 0.2) is 0 Å². The van der Waals surface area contributed by atoms with Gasteiger partial charge in [0.1, 0.15) is 23.7 Å². The van der Waals surface area contributed by atoms with Crippen molar-refractivity contribution in [3.05, 3.63) is 58.9 Å². The highest BCUT2D eigenvalue weighted by Gasteiger charge is 2.13. The van der Waals surface area contributed by atoms with Gasteiger partial charge in [-0.05, 0) is 30.3 Å². The van der Waals surface area contributed by atoms with Gasteiger partial charge in [0.25, 0.3) is 0 Å². The third-order valence-corrected chi connectivity index (χ3v) is 2.80. The third kappa shape index (κ3) is 3.28. The van der Waals surface area contributed by atoms with Crippen molar-refractivity contribution >= 4 is 11.7 Å². The van der Waals surface area contributed by atoms with Gasteiger partial charge < -0.3 is 15.6 Å².